The third kappa shape index (κ3) is 3.90. The maximum absolute atomic E-state index is 7.25. The van der Waals surface area contributed by atoms with Crippen LogP contribution in [0.25, 0.3) is 32.4 Å². The molecule has 192 valence electrons. The molecule has 0 N–H and O–H groups in total. The van der Waals surface area contributed by atoms with Gasteiger partial charge in [0.25, 0.3) is 0 Å². The number of ether oxygens (including phenoxy) is 2. The van der Waals surface area contributed by atoms with Crippen LogP contribution in [0.2, 0.25) is 0 Å². The van der Waals surface area contributed by atoms with Crippen molar-refractivity contribution >= 4 is 32.4 Å². The Morgan fingerprint density at radius 1 is 0.921 bits per heavy atom. The second-order valence-corrected chi connectivity index (χ2v) is 11.0. The Labute approximate surface area is 224 Å². The molecule has 0 saturated carbocycles. The first-order valence-corrected chi connectivity index (χ1v) is 14.0. The third-order valence-electron chi connectivity index (χ3n) is 9.08. The average Bonchev–Trinajstić information content (AvgIpc) is 2.99. The number of nitrogens with zero attached hydrogens (tertiary/aromatic N) is 2. The van der Waals surface area contributed by atoms with Gasteiger partial charge in [0, 0.05) is 29.1 Å². The number of rotatable bonds is 6. The lowest BCUT2D eigenvalue weighted by Crippen LogP contribution is -2.56. The van der Waals surface area contributed by atoms with E-state index in [1.54, 1.807) is 7.11 Å². The van der Waals surface area contributed by atoms with E-state index in [4.69, 9.17) is 14.5 Å². The summed E-state index contributed by atoms with van der Waals surface area (Å²) < 4.78 is 12.9. The Balaban J connectivity index is 1.41. The topological polar surface area (TPSA) is 34.6 Å². The van der Waals surface area contributed by atoms with E-state index >= 15 is 0 Å². The standard InChI is InChI=1S/C34H34N2O2/c1-3-22-21-36-17-15-23(22)18-32(36)34(29-14-16-35-31-13-12-25(37-2)20-30(29)31)38-33-19-24-8-4-5-9-26(24)27-10-6-7-11-28(27)33/h4-14,16,19-20,22-23,32,34H,3,15,17-18,21H2,1-2H3/t22?,23-,32+,34-/m1/s1. The van der Waals surface area contributed by atoms with Crippen LogP contribution in [-0.4, -0.2) is 36.1 Å². The molecule has 8 rings (SSSR count). The summed E-state index contributed by atoms with van der Waals surface area (Å²) in [5.74, 6) is 3.35. The predicted molar refractivity (Wildman–Crippen MR) is 155 cm³/mol. The Morgan fingerprint density at radius 3 is 2.53 bits per heavy atom. The molecule has 3 aliphatic rings. The number of hydrogen-bond acceptors (Lipinski definition) is 4. The van der Waals surface area contributed by atoms with Gasteiger partial charge in [-0.3, -0.25) is 9.88 Å². The molecule has 1 aromatic heterocycles. The molecule has 5 atom stereocenters. The summed E-state index contributed by atoms with van der Waals surface area (Å²) in [6.45, 7) is 4.66. The first-order chi connectivity index (χ1) is 18.7. The molecule has 3 saturated heterocycles. The van der Waals surface area contributed by atoms with Crippen LogP contribution >= 0.6 is 0 Å². The molecule has 38 heavy (non-hydrogen) atoms. The zero-order chi connectivity index (χ0) is 25.6. The maximum atomic E-state index is 7.25. The lowest BCUT2D eigenvalue weighted by Gasteiger charge is -2.52. The third-order valence-corrected chi connectivity index (χ3v) is 9.08. The summed E-state index contributed by atoms with van der Waals surface area (Å²) in [5.41, 5.74) is 2.17. The minimum absolute atomic E-state index is 0.113. The maximum Gasteiger partial charge on any atom is 0.140 e. The van der Waals surface area contributed by atoms with Crippen molar-refractivity contribution in [3.8, 4) is 11.5 Å². The van der Waals surface area contributed by atoms with Gasteiger partial charge in [-0.05, 0) is 77.7 Å². The summed E-state index contributed by atoms with van der Waals surface area (Å²) in [4.78, 5) is 7.39. The van der Waals surface area contributed by atoms with Crippen LogP contribution in [0.4, 0.5) is 0 Å². The highest BCUT2D eigenvalue weighted by molar-refractivity contribution is 6.10. The molecule has 3 aliphatic heterocycles. The molecule has 0 amide bonds. The fourth-order valence-corrected chi connectivity index (χ4v) is 7.08. The highest BCUT2D eigenvalue weighted by Crippen LogP contribution is 2.45. The van der Waals surface area contributed by atoms with Gasteiger partial charge in [0.15, 0.2) is 0 Å². The van der Waals surface area contributed by atoms with Crippen LogP contribution in [0.1, 0.15) is 37.9 Å². The number of fused-ring (bicyclic) bond motifs is 7. The Morgan fingerprint density at radius 2 is 1.74 bits per heavy atom. The molecule has 2 unspecified atom stereocenters. The smallest absolute Gasteiger partial charge is 0.140 e. The number of methoxy groups -OCH3 is 1. The van der Waals surface area contributed by atoms with Crippen LogP contribution < -0.4 is 9.47 Å². The molecule has 3 fully saturated rings. The van der Waals surface area contributed by atoms with Crippen molar-refractivity contribution in [2.75, 3.05) is 20.2 Å². The molecule has 0 spiro atoms. The Bertz CT molecular complexity index is 1630. The van der Waals surface area contributed by atoms with Crippen LogP contribution in [0.15, 0.2) is 85.1 Å². The van der Waals surface area contributed by atoms with Gasteiger partial charge in [0.05, 0.1) is 18.7 Å². The first-order valence-electron chi connectivity index (χ1n) is 14.0. The van der Waals surface area contributed by atoms with Gasteiger partial charge in [-0.1, -0.05) is 61.9 Å². The molecule has 4 nitrogen and oxygen atoms in total. The quantitative estimate of drug-likeness (QED) is 0.222. The molecule has 4 heteroatoms. The summed E-state index contributed by atoms with van der Waals surface area (Å²) in [5, 5.41) is 5.97. The molecule has 0 radical (unpaired) electrons. The number of pyridine rings is 1. The SMILES string of the molecule is CCC1CN2CC[C@@H]1C[C@H]2[C@H](Oc1cc2ccccc2c2ccccc12)c1ccnc2ccc(OC)cc12. The van der Waals surface area contributed by atoms with E-state index in [-0.39, 0.29) is 6.10 Å². The van der Waals surface area contributed by atoms with Crippen LogP contribution in [0.5, 0.6) is 11.5 Å². The van der Waals surface area contributed by atoms with Crippen molar-refractivity contribution in [2.45, 2.75) is 38.3 Å². The molecule has 0 aliphatic carbocycles. The zero-order valence-electron chi connectivity index (χ0n) is 22.1. The van der Waals surface area contributed by atoms with Gasteiger partial charge in [-0.25, -0.2) is 0 Å². The van der Waals surface area contributed by atoms with E-state index in [1.807, 2.05) is 12.3 Å². The van der Waals surface area contributed by atoms with Crippen LogP contribution in [0, 0.1) is 11.8 Å². The van der Waals surface area contributed by atoms with E-state index < -0.39 is 0 Å². The average molecular weight is 503 g/mol. The fourth-order valence-electron chi connectivity index (χ4n) is 7.08. The molecular formula is C34H34N2O2. The fraction of sp³-hybridized carbons (Fsp3) is 0.324. The highest BCUT2D eigenvalue weighted by atomic mass is 16.5. The first kappa shape index (κ1) is 23.5. The molecule has 5 aromatic rings. The minimum Gasteiger partial charge on any atom is -0.497 e. The molecular weight excluding hydrogens is 468 g/mol. The number of piperidine rings is 3. The van der Waals surface area contributed by atoms with Gasteiger partial charge in [-0.2, -0.15) is 0 Å². The second kappa shape index (κ2) is 9.59. The van der Waals surface area contributed by atoms with Gasteiger partial charge in [0.2, 0.25) is 0 Å². The lowest BCUT2D eigenvalue weighted by atomic mass is 9.72. The number of aromatic nitrogens is 1. The summed E-state index contributed by atoms with van der Waals surface area (Å²) in [6.07, 6.45) is 5.54. The second-order valence-electron chi connectivity index (χ2n) is 11.0. The Hall–Kier alpha value is -3.63. The van der Waals surface area contributed by atoms with Gasteiger partial charge in [0.1, 0.15) is 17.6 Å². The van der Waals surface area contributed by atoms with E-state index in [9.17, 15) is 0 Å². The van der Waals surface area contributed by atoms with Crippen molar-refractivity contribution < 1.29 is 9.47 Å². The largest absolute Gasteiger partial charge is 0.497 e. The highest BCUT2D eigenvalue weighted by Gasteiger charge is 2.44. The van der Waals surface area contributed by atoms with Crippen LogP contribution in [-0.2, 0) is 0 Å². The predicted octanol–water partition coefficient (Wildman–Crippen LogP) is 7.79. The zero-order valence-corrected chi connectivity index (χ0v) is 22.1. The molecule has 2 bridgehead atoms. The van der Waals surface area contributed by atoms with Gasteiger partial charge < -0.3 is 9.47 Å². The van der Waals surface area contributed by atoms with Crippen molar-refractivity contribution in [1.82, 2.24) is 9.88 Å². The van der Waals surface area contributed by atoms with Crippen molar-refractivity contribution in [2.24, 2.45) is 11.8 Å². The lowest BCUT2D eigenvalue weighted by molar-refractivity contribution is -0.0480. The van der Waals surface area contributed by atoms with Crippen molar-refractivity contribution in [3.05, 3.63) is 90.6 Å². The minimum atomic E-state index is -0.113. The molecule has 4 heterocycles. The summed E-state index contributed by atoms with van der Waals surface area (Å²) in [6, 6.07) is 28.2. The summed E-state index contributed by atoms with van der Waals surface area (Å²) >= 11 is 0. The summed E-state index contributed by atoms with van der Waals surface area (Å²) in [7, 11) is 1.73. The van der Waals surface area contributed by atoms with Gasteiger partial charge in [-0.15, -0.1) is 0 Å². The van der Waals surface area contributed by atoms with Crippen LogP contribution in [0.3, 0.4) is 0 Å². The Kier molecular flexibility index (Phi) is 5.93. The van der Waals surface area contributed by atoms with Crippen molar-refractivity contribution in [1.29, 1.82) is 0 Å². The molecule has 4 aromatic carbocycles. The van der Waals surface area contributed by atoms with Crippen molar-refractivity contribution in [3.63, 3.8) is 0 Å². The number of benzene rings is 4. The van der Waals surface area contributed by atoms with E-state index in [1.165, 1.54) is 41.0 Å². The van der Waals surface area contributed by atoms with E-state index in [0.29, 0.717) is 6.04 Å². The van der Waals surface area contributed by atoms with Gasteiger partial charge >= 0.3 is 0 Å². The normalized spacial score (nSPS) is 23.6. The number of hydrogen-bond donors (Lipinski definition) is 0. The van der Waals surface area contributed by atoms with E-state index in [2.05, 4.69) is 84.6 Å². The monoisotopic (exact) mass is 502 g/mol. The van der Waals surface area contributed by atoms with E-state index in [0.717, 1.165) is 52.7 Å².